The molecule has 0 spiro atoms. The predicted molar refractivity (Wildman–Crippen MR) is 100 cm³/mol. The fraction of sp³-hybridized carbons (Fsp3) is 0. The number of non-ortho nitro benzene ring substituents is 1. The Labute approximate surface area is 157 Å². The number of carboxylic acids is 1. The summed E-state index contributed by atoms with van der Waals surface area (Å²) >= 11 is 5.96. The molecule has 0 bridgehead atoms. The summed E-state index contributed by atoms with van der Waals surface area (Å²) in [5.74, 6) is -0.139. The first-order valence-corrected chi connectivity index (χ1v) is 7.98. The summed E-state index contributed by atoms with van der Waals surface area (Å²) in [6.45, 7) is 0. The number of nitro benzene ring substituents is 1. The number of anilines is 1. The normalized spacial score (nSPS) is 10.9. The second kappa shape index (κ2) is 7.71. The number of carboxylic acid groups (broad SMARTS) is 1. The van der Waals surface area contributed by atoms with Gasteiger partial charge in [0, 0.05) is 17.7 Å². The van der Waals surface area contributed by atoms with E-state index < -0.39 is 10.9 Å². The minimum Gasteiger partial charge on any atom is -0.478 e. The third-order valence-electron chi connectivity index (χ3n) is 3.57. The number of furan rings is 1. The smallest absolute Gasteiger partial charge is 0.337 e. The van der Waals surface area contributed by atoms with Crippen molar-refractivity contribution >= 4 is 35.2 Å². The molecule has 0 radical (unpaired) electrons. The van der Waals surface area contributed by atoms with Crippen molar-refractivity contribution < 1.29 is 19.2 Å². The molecule has 2 N–H and O–H groups in total. The highest BCUT2D eigenvalue weighted by atomic mass is 35.5. The maximum atomic E-state index is 11.0. The Hall–Kier alpha value is -3.65. The van der Waals surface area contributed by atoms with Crippen LogP contribution in [0.15, 0.2) is 64.1 Å². The molecule has 9 heteroatoms. The van der Waals surface area contributed by atoms with E-state index in [4.69, 9.17) is 21.1 Å². The number of nitrogens with zero attached hydrogens (tertiary/aromatic N) is 2. The lowest BCUT2D eigenvalue weighted by Gasteiger charge is -2.01. The molecular formula is C18H12ClN3O5. The van der Waals surface area contributed by atoms with Gasteiger partial charge in [0.2, 0.25) is 0 Å². The number of hydrazone groups is 1. The van der Waals surface area contributed by atoms with Crippen molar-refractivity contribution in [2.75, 3.05) is 5.43 Å². The molecule has 0 aliphatic heterocycles. The van der Waals surface area contributed by atoms with Crippen LogP contribution in [0.3, 0.4) is 0 Å². The van der Waals surface area contributed by atoms with Crippen LogP contribution in [0.4, 0.5) is 11.4 Å². The third kappa shape index (κ3) is 4.31. The van der Waals surface area contributed by atoms with Gasteiger partial charge >= 0.3 is 5.97 Å². The Balaban J connectivity index is 1.68. The van der Waals surface area contributed by atoms with Crippen LogP contribution < -0.4 is 5.43 Å². The highest BCUT2D eigenvalue weighted by Gasteiger charge is 2.11. The van der Waals surface area contributed by atoms with Gasteiger partial charge in [-0.15, -0.1) is 0 Å². The first-order valence-electron chi connectivity index (χ1n) is 7.60. The van der Waals surface area contributed by atoms with E-state index in [0.29, 0.717) is 22.8 Å². The molecule has 3 rings (SSSR count). The molecule has 2 aromatic carbocycles. The summed E-state index contributed by atoms with van der Waals surface area (Å²) in [5.41, 5.74) is 3.96. The minimum absolute atomic E-state index is 0.00668. The monoisotopic (exact) mass is 385 g/mol. The predicted octanol–water partition coefficient (Wildman–Crippen LogP) is 4.65. The summed E-state index contributed by atoms with van der Waals surface area (Å²) < 4.78 is 5.63. The van der Waals surface area contributed by atoms with E-state index in [1.807, 2.05) is 0 Å². The van der Waals surface area contributed by atoms with E-state index >= 15 is 0 Å². The number of benzene rings is 2. The summed E-state index contributed by atoms with van der Waals surface area (Å²) in [5, 5.41) is 23.7. The lowest BCUT2D eigenvalue weighted by atomic mass is 10.1. The van der Waals surface area contributed by atoms with Gasteiger partial charge in [-0.2, -0.15) is 5.10 Å². The van der Waals surface area contributed by atoms with E-state index in [1.54, 1.807) is 18.2 Å². The van der Waals surface area contributed by atoms with Gasteiger partial charge in [0.1, 0.15) is 11.5 Å². The number of nitro groups is 1. The fourth-order valence-corrected chi connectivity index (χ4v) is 2.51. The molecule has 136 valence electrons. The van der Waals surface area contributed by atoms with Crippen LogP contribution >= 0.6 is 11.6 Å². The van der Waals surface area contributed by atoms with Gasteiger partial charge < -0.3 is 9.52 Å². The quantitative estimate of drug-likeness (QED) is 0.362. The summed E-state index contributed by atoms with van der Waals surface area (Å²) in [7, 11) is 0. The molecule has 0 saturated heterocycles. The van der Waals surface area contributed by atoms with E-state index in [1.165, 1.54) is 42.6 Å². The van der Waals surface area contributed by atoms with Gasteiger partial charge in [0.25, 0.3) is 5.69 Å². The first kappa shape index (κ1) is 18.2. The van der Waals surface area contributed by atoms with Crippen molar-refractivity contribution in [2.24, 2.45) is 5.10 Å². The number of carbonyl (C=O) groups is 1. The maximum absolute atomic E-state index is 11.0. The number of rotatable bonds is 6. The lowest BCUT2D eigenvalue weighted by Crippen LogP contribution is -1.96. The number of nitrogens with one attached hydrogen (secondary N) is 1. The number of hydrogen-bond donors (Lipinski definition) is 2. The van der Waals surface area contributed by atoms with Crippen molar-refractivity contribution in [1.29, 1.82) is 0 Å². The molecule has 8 nitrogen and oxygen atoms in total. The molecule has 0 aliphatic carbocycles. The van der Waals surface area contributed by atoms with Crippen LogP contribution in [-0.4, -0.2) is 22.2 Å². The maximum Gasteiger partial charge on any atom is 0.337 e. The molecule has 3 aromatic rings. The zero-order valence-electron chi connectivity index (χ0n) is 13.6. The molecule has 0 fully saturated rings. The summed E-state index contributed by atoms with van der Waals surface area (Å²) in [4.78, 5) is 21.1. The van der Waals surface area contributed by atoms with Gasteiger partial charge in [-0.05, 0) is 36.4 Å². The number of halogens is 1. The molecule has 0 unspecified atom stereocenters. The number of aromatic carboxylic acids is 1. The summed E-state index contributed by atoms with van der Waals surface area (Å²) in [6.07, 6.45) is 1.44. The van der Waals surface area contributed by atoms with Crippen molar-refractivity contribution in [3.63, 3.8) is 0 Å². The average molecular weight is 386 g/mol. The van der Waals surface area contributed by atoms with Gasteiger partial charge in [0.15, 0.2) is 0 Å². The van der Waals surface area contributed by atoms with Gasteiger partial charge in [0.05, 0.1) is 27.4 Å². The molecule has 0 atom stereocenters. The lowest BCUT2D eigenvalue weighted by molar-refractivity contribution is -0.384. The Morgan fingerprint density at radius 3 is 2.56 bits per heavy atom. The first-order chi connectivity index (χ1) is 12.9. The van der Waals surface area contributed by atoms with Gasteiger partial charge in [-0.1, -0.05) is 17.7 Å². The van der Waals surface area contributed by atoms with E-state index in [9.17, 15) is 14.9 Å². The Kier molecular flexibility index (Phi) is 5.18. The van der Waals surface area contributed by atoms with Crippen LogP contribution in [0.2, 0.25) is 5.02 Å². The molecule has 1 aromatic heterocycles. The van der Waals surface area contributed by atoms with Crippen LogP contribution in [0.5, 0.6) is 0 Å². The molecule has 0 aliphatic rings. The Morgan fingerprint density at radius 2 is 1.93 bits per heavy atom. The molecule has 27 heavy (non-hydrogen) atoms. The zero-order chi connectivity index (χ0) is 19.4. The van der Waals surface area contributed by atoms with Crippen LogP contribution in [-0.2, 0) is 0 Å². The van der Waals surface area contributed by atoms with Crippen LogP contribution in [0, 0.1) is 10.1 Å². The van der Waals surface area contributed by atoms with Crippen LogP contribution in [0.1, 0.15) is 16.1 Å². The SMILES string of the molecule is O=C(O)c1ccc(-c2ccc(/C=N/Nc3ccc([N+](=O)[O-])cc3)o2)cc1Cl. The van der Waals surface area contributed by atoms with Crippen molar-refractivity contribution in [3.8, 4) is 11.3 Å². The fourth-order valence-electron chi connectivity index (χ4n) is 2.25. The minimum atomic E-state index is -1.10. The Bertz CT molecular complexity index is 1030. The molecule has 0 amide bonds. The standard InChI is InChI=1S/C18H12ClN3O5/c19-16-9-11(1-7-15(16)18(23)24)17-8-6-14(27-17)10-20-21-12-2-4-13(5-3-12)22(25)26/h1-10,21H,(H,23,24)/b20-10+. The Morgan fingerprint density at radius 1 is 1.19 bits per heavy atom. The van der Waals surface area contributed by atoms with Crippen LogP contribution in [0.25, 0.3) is 11.3 Å². The molecule has 0 saturated carbocycles. The zero-order valence-corrected chi connectivity index (χ0v) is 14.4. The second-order valence-electron chi connectivity index (χ2n) is 5.38. The van der Waals surface area contributed by atoms with Crippen molar-refractivity contribution in [2.45, 2.75) is 0 Å². The second-order valence-corrected chi connectivity index (χ2v) is 5.78. The van der Waals surface area contributed by atoms with Gasteiger partial charge in [-0.25, -0.2) is 4.79 Å². The highest BCUT2D eigenvalue weighted by Crippen LogP contribution is 2.27. The third-order valence-corrected chi connectivity index (χ3v) is 3.89. The van der Waals surface area contributed by atoms with Crippen molar-refractivity contribution in [1.82, 2.24) is 0 Å². The number of hydrogen-bond acceptors (Lipinski definition) is 6. The topological polar surface area (TPSA) is 118 Å². The van der Waals surface area contributed by atoms with Gasteiger partial charge in [-0.3, -0.25) is 15.5 Å². The van der Waals surface area contributed by atoms with E-state index in [2.05, 4.69) is 10.5 Å². The van der Waals surface area contributed by atoms with E-state index in [-0.39, 0.29) is 16.3 Å². The molecule has 1 heterocycles. The average Bonchev–Trinajstić information content (AvgIpc) is 3.10. The van der Waals surface area contributed by atoms with E-state index in [0.717, 1.165) is 0 Å². The molecular weight excluding hydrogens is 374 g/mol. The largest absolute Gasteiger partial charge is 0.478 e. The highest BCUT2D eigenvalue weighted by molar-refractivity contribution is 6.33. The summed E-state index contributed by atoms with van der Waals surface area (Å²) in [6, 6.07) is 13.7. The van der Waals surface area contributed by atoms with Crippen molar-refractivity contribution in [3.05, 3.63) is 81.1 Å².